The van der Waals surface area contributed by atoms with Gasteiger partial charge in [-0.25, -0.2) is 0 Å². The van der Waals surface area contributed by atoms with Crippen LogP contribution in [0.25, 0.3) is 0 Å². The highest BCUT2D eigenvalue weighted by Crippen LogP contribution is 2.47. The van der Waals surface area contributed by atoms with Crippen molar-refractivity contribution in [3.63, 3.8) is 0 Å². The summed E-state index contributed by atoms with van der Waals surface area (Å²) in [5, 5.41) is 10.5. The van der Waals surface area contributed by atoms with Gasteiger partial charge in [-0.2, -0.15) is 0 Å². The molecule has 3 atom stereocenters. The normalized spacial score (nSPS) is 21.5. The first kappa shape index (κ1) is 21.6. The molecule has 3 aromatic rings. The Labute approximate surface area is 194 Å². The summed E-state index contributed by atoms with van der Waals surface area (Å²) >= 11 is 0. The number of nitrogens with one attached hydrogen (secondary N) is 3. The number of piperidine rings is 1. The molecule has 172 valence electrons. The van der Waals surface area contributed by atoms with Crippen LogP contribution in [-0.2, 0) is 6.54 Å². The summed E-state index contributed by atoms with van der Waals surface area (Å²) in [6, 6.07) is 18.6. The third kappa shape index (κ3) is 4.48. The predicted octanol–water partition coefficient (Wildman–Crippen LogP) is 5.12. The highest BCUT2D eigenvalue weighted by Gasteiger charge is 2.39. The maximum absolute atomic E-state index is 12.8. The molecule has 2 aliphatic rings. The molecule has 2 aromatic carbocycles. The number of ether oxygens (including phenoxy) is 1. The topological polar surface area (TPSA) is 75.5 Å². The van der Waals surface area contributed by atoms with Crippen LogP contribution in [0.3, 0.4) is 0 Å². The molecule has 0 radical (unpaired) electrons. The van der Waals surface area contributed by atoms with Crippen molar-refractivity contribution < 1.29 is 13.9 Å². The fourth-order valence-corrected chi connectivity index (χ4v) is 5.10. The molecular formula is C27H31N3O3. The van der Waals surface area contributed by atoms with Gasteiger partial charge in [0.1, 0.15) is 17.3 Å². The van der Waals surface area contributed by atoms with Gasteiger partial charge in [-0.1, -0.05) is 12.1 Å². The maximum Gasteiger partial charge on any atom is 0.251 e. The molecule has 3 N–H and O–H groups in total. The lowest BCUT2D eigenvalue weighted by atomic mass is 9.75. The fourth-order valence-electron chi connectivity index (χ4n) is 5.10. The van der Waals surface area contributed by atoms with E-state index < -0.39 is 0 Å². The summed E-state index contributed by atoms with van der Waals surface area (Å²) in [6.07, 6.45) is 2.28. The highest BCUT2D eigenvalue weighted by molar-refractivity contribution is 5.95. The SMILES string of the molecule is CCOc1ccc(C2Nc3ccc(C(=O)NCc4ccc(C)o4)cc3[C@H]3NCCC[C@@H]23)cc1. The van der Waals surface area contributed by atoms with Crippen LogP contribution in [-0.4, -0.2) is 19.1 Å². The third-order valence-electron chi connectivity index (χ3n) is 6.66. The number of benzene rings is 2. The minimum atomic E-state index is -0.0900. The number of fused-ring (bicyclic) bond motifs is 3. The van der Waals surface area contributed by atoms with Crippen LogP contribution in [0.1, 0.15) is 64.9 Å². The number of aryl methyl sites for hydroxylation is 1. The molecule has 0 spiro atoms. The average Bonchev–Trinajstić information content (AvgIpc) is 3.27. The van der Waals surface area contributed by atoms with Crippen molar-refractivity contribution >= 4 is 11.6 Å². The molecule has 0 bridgehead atoms. The van der Waals surface area contributed by atoms with Gasteiger partial charge in [0, 0.05) is 23.2 Å². The van der Waals surface area contributed by atoms with Crippen molar-refractivity contribution in [2.24, 2.45) is 5.92 Å². The second-order valence-electron chi connectivity index (χ2n) is 8.86. The van der Waals surface area contributed by atoms with Crippen LogP contribution in [0.5, 0.6) is 5.75 Å². The second-order valence-corrected chi connectivity index (χ2v) is 8.86. The lowest BCUT2D eigenvalue weighted by Crippen LogP contribution is -2.42. The number of furan rings is 1. The summed E-state index contributed by atoms with van der Waals surface area (Å²) < 4.78 is 11.2. The van der Waals surface area contributed by atoms with Gasteiger partial charge in [-0.15, -0.1) is 0 Å². The van der Waals surface area contributed by atoms with Crippen LogP contribution in [0.15, 0.2) is 59.0 Å². The van der Waals surface area contributed by atoms with Gasteiger partial charge in [0.15, 0.2) is 0 Å². The fraction of sp³-hybridized carbons (Fsp3) is 0.370. The standard InChI is InChI=1S/C27H31N3O3/c1-3-32-20-11-7-18(8-12-20)25-22-5-4-14-28-26(22)23-15-19(9-13-24(23)30-25)27(31)29-16-21-10-6-17(2)33-21/h6-13,15,22,25-26,28,30H,3-5,14,16H2,1-2H3,(H,29,31)/t22-,25?,26-/m0/s1. The largest absolute Gasteiger partial charge is 0.494 e. The van der Waals surface area contributed by atoms with Crippen LogP contribution in [0, 0.1) is 12.8 Å². The first-order chi connectivity index (χ1) is 16.1. The Balaban J connectivity index is 1.37. The first-order valence-electron chi connectivity index (χ1n) is 11.8. The monoisotopic (exact) mass is 445 g/mol. The van der Waals surface area contributed by atoms with E-state index in [1.165, 1.54) is 11.1 Å². The quantitative estimate of drug-likeness (QED) is 0.491. The van der Waals surface area contributed by atoms with E-state index >= 15 is 0 Å². The molecule has 6 nitrogen and oxygen atoms in total. The van der Waals surface area contributed by atoms with Crippen molar-refractivity contribution in [3.8, 4) is 5.75 Å². The lowest BCUT2D eigenvalue weighted by molar-refractivity contribution is 0.0947. The van der Waals surface area contributed by atoms with Gasteiger partial charge >= 0.3 is 0 Å². The summed E-state index contributed by atoms with van der Waals surface area (Å²) in [7, 11) is 0. The second kappa shape index (κ2) is 9.32. The Bertz CT molecular complexity index is 1120. The summed E-state index contributed by atoms with van der Waals surface area (Å²) in [6.45, 7) is 5.94. The number of rotatable bonds is 6. The highest BCUT2D eigenvalue weighted by atomic mass is 16.5. The zero-order valence-electron chi connectivity index (χ0n) is 19.2. The van der Waals surface area contributed by atoms with E-state index in [0.717, 1.165) is 42.3 Å². The molecule has 1 aromatic heterocycles. The molecule has 5 rings (SSSR count). The van der Waals surface area contributed by atoms with Gasteiger partial charge in [0.2, 0.25) is 0 Å². The molecule has 0 saturated carbocycles. The third-order valence-corrected chi connectivity index (χ3v) is 6.66. The van der Waals surface area contributed by atoms with E-state index in [2.05, 4.69) is 40.2 Å². The average molecular weight is 446 g/mol. The van der Waals surface area contributed by atoms with Crippen LogP contribution >= 0.6 is 0 Å². The molecule has 33 heavy (non-hydrogen) atoms. The maximum atomic E-state index is 12.8. The van der Waals surface area contributed by atoms with Gasteiger partial charge in [-0.05, 0) is 86.8 Å². The molecule has 0 aliphatic carbocycles. The molecule has 6 heteroatoms. The number of hydrogen-bond acceptors (Lipinski definition) is 5. The Morgan fingerprint density at radius 1 is 1.12 bits per heavy atom. The molecule has 1 amide bonds. The van der Waals surface area contributed by atoms with E-state index in [0.29, 0.717) is 24.6 Å². The zero-order chi connectivity index (χ0) is 22.8. The molecular weight excluding hydrogens is 414 g/mol. The van der Waals surface area contributed by atoms with Gasteiger partial charge in [0.05, 0.1) is 19.2 Å². The van der Waals surface area contributed by atoms with Crippen molar-refractivity contribution in [1.82, 2.24) is 10.6 Å². The Kier molecular flexibility index (Phi) is 6.09. The van der Waals surface area contributed by atoms with E-state index in [1.54, 1.807) is 0 Å². The first-order valence-corrected chi connectivity index (χ1v) is 11.8. The van der Waals surface area contributed by atoms with Gasteiger partial charge in [-0.3, -0.25) is 4.79 Å². The predicted molar refractivity (Wildman–Crippen MR) is 128 cm³/mol. The van der Waals surface area contributed by atoms with Crippen LogP contribution < -0.4 is 20.7 Å². The van der Waals surface area contributed by atoms with E-state index in [-0.39, 0.29) is 18.0 Å². The number of carbonyl (C=O) groups excluding carboxylic acids is 1. The number of anilines is 1. The minimum absolute atomic E-state index is 0.0900. The van der Waals surface area contributed by atoms with Gasteiger partial charge < -0.3 is 25.1 Å². The van der Waals surface area contributed by atoms with Crippen LogP contribution in [0.2, 0.25) is 0 Å². The van der Waals surface area contributed by atoms with Crippen molar-refractivity contribution in [2.75, 3.05) is 18.5 Å². The number of hydrogen-bond donors (Lipinski definition) is 3. The lowest BCUT2D eigenvalue weighted by Gasteiger charge is -2.44. The van der Waals surface area contributed by atoms with Crippen LogP contribution in [0.4, 0.5) is 5.69 Å². The molecule has 1 unspecified atom stereocenters. The molecule has 1 saturated heterocycles. The minimum Gasteiger partial charge on any atom is -0.494 e. The molecule has 3 heterocycles. The number of carbonyl (C=O) groups is 1. The summed E-state index contributed by atoms with van der Waals surface area (Å²) in [5.74, 6) is 2.82. The smallest absolute Gasteiger partial charge is 0.251 e. The Morgan fingerprint density at radius 3 is 2.73 bits per heavy atom. The number of amides is 1. The Hall–Kier alpha value is -3.25. The zero-order valence-corrected chi connectivity index (χ0v) is 19.2. The summed E-state index contributed by atoms with van der Waals surface area (Å²) in [4.78, 5) is 12.8. The van der Waals surface area contributed by atoms with Crippen molar-refractivity contribution in [3.05, 3.63) is 82.8 Å². The molecule has 1 fully saturated rings. The molecule has 2 aliphatic heterocycles. The van der Waals surface area contributed by atoms with E-state index in [9.17, 15) is 4.79 Å². The summed E-state index contributed by atoms with van der Waals surface area (Å²) in [5.41, 5.74) is 4.19. The van der Waals surface area contributed by atoms with E-state index in [4.69, 9.17) is 9.15 Å². The Morgan fingerprint density at radius 2 is 1.97 bits per heavy atom. The van der Waals surface area contributed by atoms with E-state index in [1.807, 2.05) is 44.2 Å². The van der Waals surface area contributed by atoms with Crippen molar-refractivity contribution in [1.29, 1.82) is 0 Å². The van der Waals surface area contributed by atoms with Gasteiger partial charge in [0.25, 0.3) is 5.91 Å². The van der Waals surface area contributed by atoms with Crippen molar-refractivity contribution in [2.45, 2.75) is 45.3 Å².